The van der Waals surface area contributed by atoms with Crippen LogP contribution in [0.2, 0.25) is 0 Å². The molecule has 0 saturated heterocycles. The summed E-state index contributed by atoms with van der Waals surface area (Å²) in [5.74, 6) is -2.21. The first-order valence-electron chi connectivity index (χ1n) is 9.22. The maximum atomic E-state index is 11.3. The molecule has 0 radical (unpaired) electrons. The molecule has 0 bridgehead atoms. The Morgan fingerprint density at radius 3 is 1.48 bits per heavy atom. The zero-order valence-corrected chi connectivity index (χ0v) is 17.5. The van der Waals surface area contributed by atoms with E-state index in [1.54, 1.807) is 13.8 Å². The fourth-order valence-corrected chi connectivity index (χ4v) is 1.66. The molecule has 29 heavy (non-hydrogen) atoms. The number of aliphatic hydroxyl groups is 5. The SMILES string of the molecule is CC(C)(CO)C(O)C(=O)NCCC(=O)O.CC(C)(CO)C(O)C(=O)NCCCO. The molecule has 0 spiro atoms. The summed E-state index contributed by atoms with van der Waals surface area (Å²) in [5, 5.41) is 58.3. The molecule has 0 aliphatic rings. The minimum atomic E-state index is -1.35. The van der Waals surface area contributed by atoms with E-state index in [0.717, 1.165) is 0 Å². The lowest BCUT2D eigenvalue weighted by atomic mass is 9.87. The minimum Gasteiger partial charge on any atom is -0.481 e. The molecule has 0 aromatic rings. The Morgan fingerprint density at radius 2 is 1.17 bits per heavy atom. The molecule has 0 rings (SSSR count). The van der Waals surface area contributed by atoms with Crippen LogP contribution in [0.4, 0.5) is 0 Å². The molecule has 0 aromatic heterocycles. The van der Waals surface area contributed by atoms with Crippen molar-refractivity contribution < 1.29 is 45.0 Å². The van der Waals surface area contributed by atoms with E-state index in [1.165, 1.54) is 13.8 Å². The largest absolute Gasteiger partial charge is 0.481 e. The minimum absolute atomic E-state index is 0.000230. The average Bonchev–Trinajstić information content (AvgIpc) is 2.66. The molecular formula is C18H36N2O9. The Morgan fingerprint density at radius 1 is 0.793 bits per heavy atom. The van der Waals surface area contributed by atoms with Gasteiger partial charge in [-0.25, -0.2) is 0 Å². The van der Waals surface area contributed by atoms with Crippen molar-refractivity contribution in [1.29, 1.82) is 0 Å². The first kappa shape index (κ1) is 29.4. The Kier molecular flexibility index (Phi) is 14.4. The van der Waals surface area contributed by atoms with Gasteiger partial charge in [-0.2, -0.15) is 0 Å². The smallest absolute Gasteiger partial charge is 0.305 e. The van der Waals surface area contributed by atoms with Gasteiger partial charge in [0.15, 0.2) is 0 Å². The zero-order valence-electron chi connectivity index (χ0n) is 17.5. The predicted molar refractivity (Wildman–Crippen MR) is 104 cm³/mol. The van der Waals surface area contributed by atoms with Crippen molar-refractivity contribution in [3.63, 3.8) is 0 Å². The van der Waals surface area contributed by atoms with E-state index < -0.39 is 40.8 Å². The van der Waals surface area contributed by atoms with Crippen LogP contribution < -0.4 is 10.6 Å². The first-order valence-corrected chi connectivity index (χ1v) is 9.22. The third-order valence-electron chi connectivity index (χ3n) is 4.06. The van der Waals surface area contributed by atoms with Gasteiger partial charge in [0, 0.05) is 30.5 Å². The molecule has 2 amide bonds. The fourth-order valence-electron chi connectivity index (χ4n) is 1.66. The van der Waals surface area contributed by atoms with E-state index in [1.807, 2.05) is 0 Å². The van der Waals surface area contributed by atoms with Gasteiger partial charge in [0.05, 0.1) is 19.6 Å². The quantitative estimate of drug-likeness (QED) is 0.161. The van der Waals surface area contributed by atoms with Crippen LogP contribution in [0.25, 0.3) is 0 Å². The number of hydrogen-bond acceptors (Lipinski definition) is 8. The molecule has 0 aliphatic heterocycles. The van der Waals surface area contributed by atoms with E-state index in [9.17, 15) is 24.6 Å². The Balaban J connectivity index is 0. The number of carboxylic acid groups (broad SMARTS) is 1. The van der Waals surface area contributed by atoms with Gasteiger partial charge in [-0.1, -0.05) is 27.7 Å². The summed E-state index contributed by atoms with van der Waals surface area (Å²) in [5.41, 5.74) is -1.78. The van der Waals surface area contributed by atoms with Gasteiger partial charge in [-0.05, 0) is 6.42 Å². The summed E-state index contributed by atoms with van der Waals surface area (Å²) in [6, 6.07) is 0. The van der Waals surface area contributed by atoms with Crippen molar-refractivity contribution in [2.75, 3.05) is 32.9 Å². The first-order chi connectivity index (χ1) is 13.3. The van der Waals surface area contributed by atoms with Gasteiger partial charge in [0.25, 0.3) is 0 Å². The highest BCUT2D eigenvalue weighted by molar-refractivity contribution is 5.82. The predicted octanol–water partition coefficient (Wildman–Crippen LogP) is -2.18. The van der Waals surface area contributed by atoms with Crippen molar-refractivity contribution in [3.05, 3.63) is 0 Å². The van der Waals surface area contributed by atoms with Gasteiger partial charge in [-0.3, -0.25) is 14.4 Å². The van der Waals surface area contributed by atoms with Crippen molar-refractivity contribution >= 4 is 17.8 Å². The number of rotatable bonds is 12. The number of amides is 2. The van der Waals surface area contributed by atoms with Gasteiger partial charge >= 0.3 is 5.97 Å². The molecular weight excluding hydrogens is 388 g/mol. The number of carboxylic acids is 1. The number of nitrogens with one attached hydrogen (secondary N) is 2. The second-order valence-corrected chi connectivity index (χ2v) is 7.90. The topological polar surface area (TPSA) is 197 Å². The van der Waals surface area contributed by atoms with Crippen molar-refractivity contribution in [1.82, 2.24) is 10.6 Å². The highest BCUT2D eigenvalue weighted by atomic mass is 16.4. The van der Waals surface area contributed by atoms with E-state index in [0.29, 0.717) is 13.0 Å². The molecule has 0 aromatic carbocycles. The standard InChI is InChI=1S/C9H17NO5.C9H19NO4/c1-9(2,5-11)7(14)8(15)10-4-3-6(12)13;1-9(2,6-12)7(13)8(14)10-4-3-5-11/h7,11,14H,3-5H2,1-2H3,(H,10,15)(H,12,13);7,11-13H,3-6H2,1-2H3,(H,10,14). The van der Waals surface area contributed by atoms with Crippen LogP contribution in [0, 0.1) is 10.8 Å². The Labute approximate surface area is 170 Å². The zero-order chi connectivity index (χ0) is 23.3. The number of carbonyl (C=O) groups excluding carboxylic acids is 2. The molecule has 2 unspecified atom stereocenters. The van der Waals surface area contributed by atoms with Crippen LogP contribution in [0.15, 0.2) is 0 Å². The summed E-state index contributed by atoms with van der Waals surface area (Å²) < 4.78 is 0. The van der Waals surface area contributed by atoms with Crippen LogP contribution >= 0.6 is 0 Å². The molecule has 11 nitrogen and oxygen atoms in total. The maximum Gasteiger partial charge on any atom is 0.305 e. The number of aliphatic carboxylic acids is 1. The van der Waals surface area contributed by atoms with E-state index in [-0.39, 0.29) is 32.8 Å². The third kappa shape index (κ3) is 12.4. The summed E-state index contributed by atoms with van der Waals surface area (Å²) in [6.07, 6.45) is -2.32. The molecule has 0 saturated carbocycles. The normalized spacial score (nSPS) is 13.6. The van der Waals surface area contributed by atoms with Crippen molar-refractivity contribution in [2.24, 2.45) is 10.8 Å². The lowest BCUT2D eigenvalue weighted by Crippen LogP contribution is -2.45. The molecule has 172 valence electrons. The number of hydrogen-bond donors (Lipinski definition) is 8. The number of carbonyl (C=O) groups is 3. The highest BCUT2D eigenvalue weighted by Crippen LogP contribution is 2.20. The average molecular weight is 424 g/mol. The highest BCUT2D eigenvalue weighted by Gasteiger charge is 2.33. The van der Waals surface area contributed by atoms with Crippen LogP contribution in [-0.4, -0.2) is 93.5 Å². The van der Waals surface area contributed by atoms with E-state index in [2.05, 4.69) is 10.6 Å². The summed E-state index contributed by atoms with van der Waals surface area (Å²) in [6.45, 7) is 5.97. The van der Waals surface area contributed by atoms with Gasteiger partial charge in [0.1, 0.15) is 12.2 Å². The molecule has 2 atom stereocenters. The Bertz CT molecular complexity index is 510. The number of aliphatic hydroxyl groups excluding tert-OH is 5. The molecule has 0 heterocycles. The summed E-state index contributed by atoms with van der Waals surface area (Å²) in [7, 11) is 0. The van der Waals surface area contributed by atoms with Crippen LogP contribution in [0.3, 0.4) is 0 Å². The molecule has 11 heteroatoms. The molecule has 8 N–H and O–H groups in total. The third-order valence-corrected chi connectivity index (χ3v) is 4.06. The maximum absolute atomic E-state index is 11.3. The van der Waals surface area contributed by atoms with Gasteiger partial charge in [-0.15, -0.1) is 0 Å². The van der Waals surface area contributed by atoms with E-state index in [4.69, 9.17) is 20.4 Å². The van der Waals surface area contributed by atoms with Gasteiger partial charge < -0.3 is 41.3 Å². The Hall–Kier alpha value is -1.79. The lowest BCUT2D eigenvalue weighted by molar-refractivity contribution is -0.139. The second kappa shape index (κ2) is 14.2. The molecule has 0 aliphatic carbocycles. The van der Waals surface area contributed by atoms with Crippen molar-refractivity contribution in [3.8, 4) is 0 Å². The van der Waals surface area contributed by atoms with E-state index >= 15 is 0 Å². The van der Waals surface area contributed by atoms with Crippen LogP contribution in [-0.2, 0) is 14.4 Å². The van der Waals surface area contributed by atoms with Gasteiger partial charge in [0.2, 0.25) is 11.8 Å². The lowest BCUT2D eigenvalue weighted by Gasteiger charge is -2.27. The monoisotopic (exact) mass is 424 g/mol. The fraction of sp³-hybridized carbons (Fsp3) is 0.833. The molecule has 0 fully saturated rings. The van der Waals surface area contributed by atoms with Crippen LogP contribution in [0.1, 0.15) is 40.5 Å². The summed E-state index contributed by atoms with van der Waals surface area (Å²) >= 11 is 0. The second-order valence-electron chi connectivity index (χ2n) is 7.90. The summed E-state index contributed by atoms with van der Waals surface area (Å²) in [4.78, 5) is 32.7. The van der Waals surface area contributed by atoms with Crippen LogP contribution in [0.5, 0.6) is 0 Å². The van der Waals surface area contributed by atoms with Crippen molar-refractivity contribution in [2.45, 2.75) is 52.7 Å².